The van der Waals surface area contributed by atoms with Gasteiger partial charge in [0.1, 0.15) is 5.60 Å². The third kappa shape index (κ3) is 7.56. The van der Waals surface area contributed by atoms with Crippen LogP contribution in [0.1, 0.15) is 145 Å². The zero-order chi connectivity index (χ0) is 30.8. The summed E-state index contributed by atoms with van der Waals surface area (Å²) in [5.41, 5.74) is -1.33. The quantitative estimate of drug-likeness (QED) is 0.140. The molecule has 6 nitrogen and oxygen atoms in total. The van der Waals surface area contributed by atoms with Gasteiger partial charge in [0.2, 0.25) is 0 Å². The molecule has 0 saturated heterocycles. The summed E-state index contributed by atoms with van der Waals surface area (Å²) in [6.45, 7) is 18.6. The number of hydrogen-bond donors (Lipinski definition) is 0. The molecule has 0 amide bonds. The number of ether oxygens (including phenoxy) is 4. The van der Waals surface area contributed by atoms with Crippen molar-refractivity contribution in [3.05, 3.63) is 0 Å². The molecule has 0 aliphatic heterocycles. The van der Waals surface area contributed by atoms with Crippen LogP contribution in [0.15, 0.2) is 0 Å². The van der Waals surface area contributed by atoms with Crippen LogP contribution >= 0.6 is 0 Å². The first-order valence-corrected chi connectivity index (χ1v) is 17.5. The molecule has 42 heavy (non-hydrogen) atoms. The number of esters is 2. The molecule has 0 aromatic rings. The fraction of sp³-hybridized carbons (Fsp3) is 0.944. The van der Waals surface area contributed by atoms with Crippen molar-refractivity contribution in [2.24, 2.45) is 39.9 Å². The topological polar surface area (TPSA) is 71.1 Å². The minimum absolute atomic E-state index is 0.0864. The normalized spacial score (nSPS) is 34.2. The van der Waals surface area contributed by atoms with Crippen LogP contribution in [-0.4, -0.2) is 43.1 Å². The van der Waals surface area contributed by atoms with Crippen molar-refractivity contribution in [3.8, 4) is 0 Å². The SMILES string of the molecule is CCCC(C)(C)OC(=O)C12CC3CC(CC(C(=O)OC(C)OCC4CCC(COC(C)C(C)(CC)CC)CC4)(C3)C1)C2. The molecule has 0 radical (unpaired) electrons. The van der Waals surface area contributed by atoms with Gasteiger partial charge >= 0.3 is 11.9 Å². The molecule has 5 saturated carbocycles. The first-order chi connectivity index (χ1) is 19.8. The molecule has 242 valence electrons. The summed E-state index contributed by atoms with van der Waals surface area (Å²) in [5, 5.41) is 0. The van der Waals surface area contributed by atoms with Gasteiger partial charge < -0.3 is 18.9 Å². The molecule has 0 aromatic carbocycles. The second-order valence-corrected chi connectivity index (χ2v) is 16.0. The van der Waals surface area contributed by atoms with Crippen LogP contribution < -0.4 is 0 Å². The molecule has 0 aromatic heterocycles. The second kappa shape index (κ2) is 13.5. The smallest absolute Gasteiger partial charge is 0.314 e. The highest BCUT2D eigenvalue weighted by Crippen LogP contribution is 2.66. The van der Waals surface area contributed by atoms with Gasteiger partial charge in [-0.05, 0) is 140 Å². The predicted octanol–water partition coefficient (Wildman–Crippen LogP) is 8.64. The Kier molecular flexibility index (Phi) is 10.8. The van der Waals surface area contributed by atoms with Gasteiger partial charge in [-0.1, -0.05) is 34.1 Å². The monoisotopic (exact) mass is 590 g/mol. The summed E-state index contributed by atoms with van der Waals surface area (Å²) in [6.07, 6.45) is 13.5. The van der Waals surface area contributed by atoms with Gasteiger partial charge in [-0.25, -0.2) is 0 Å². The summed E-state index contributed by atoms with van der Waals surface area (Å²) in [6, 6.07) is 0. The van der Waals surface area contributed by atoms with Crippen LogP contribution in [0.5, 0.6) is 0 Å². The Morgan fingerprint density at radius 1 is 0.786 bits per heavy atom. The van der Waals surface area contributed by atoms with E-state index in [4.69, 9.17) is 18.9 Å². The summed E-state index contributed by atoms with van der Waals surface area (Å²) in [4.78, 5) is 27.3. The number of carbonyl (C=O) groups is 2. The molecule has 0 heterocycles. The molecule has 4 atom stereocenters. The van der Waals surface area contributed by atoms with Crippen molar-refractivity contribution in [1.82, 2.24) is 0 Å². The Hall–Kier alpha value is -1.14. The van der Waals surface area contributed by atoms with Crippen LogP contribution in [0, 0.1) is 39.9 Å². The van der Waals surface area contributed by atoms with Crippen molar-refractivity contribution in [2.45, 2.75) is 163 Å². The lowest BCUT2D eigenvalue weighted by molar-refractivity contribution is -0.215. The maximum atomic E-state index is 13.7. The van der Waals surface area contributed by atoms with Gasteiger partial charge in [-0.15, -0.1) is 0 Å². The van der Waals surface area contributed by atoms with E-state index in [-0.39, 0.29) is 23.5 Å². The van der Waals surface area contributed by atoms with Crippen molar-refractivity contribution in [1.29, 1.82) is 0 Å². The van der Waals surface area contributed by atoms with Crippen molar-refractivity contribution in [3.63, 3.8) is 0 Å². The maximum Gasteiger partial charge on any atom is 0.314 e. The average molecular weight is 591 g/mol. The highest BCUT2D eigenvalue weighted by atomic mass is 16.7. The molecule has 4 unspecified atom stereocenters. The van der Waals surface area contributed by atoms with Gasteiger partial charge in [0, 0.05) is 6.61 Å². The standard InChI is InChI=1S/C36H62O6/c1-9-16-33(6,7)42-32(38)36-20-29-17-30(21-36)19-35(18-29,24-36)31(37)41-26(5)40-23-28-14-12-27(13-15-28)22-39-25(4)34(8,10-2)11-3/h25-30H,9-24H2,1-8H3. The van der Waals surface area contributed by atoms with Crippen LogP contribution in [0.2, 0.25) is 0 Å². The van der Waals surface area contributed by atoms with E-state index in [0.29, 0.717) is 36.7 Å². The third-order valence-electron chi connectivity index (χ3n) is 12.1. The molecule has 0 N–H and O–H groups in total. The van der Waals surface area contributed by atoms with Crippen molar-refractivity contribution < 1.29 is 28.5 Å². The zero-order valence-corrected chi connectivity index (χ0v) is 28.2. The fourth-order valence-corrected chi connectivity index (χ4v) is 9.21. The van der Waals surface area contributed by atoms with E-state index in [2.05, 4.69) is 34.6 Å². The highest BCUT2D eigenvalue weighted by Gasteiger charge is 2.64. The second-order valence-electron chi connectivity index (χ2n) is 16.0. The fourth-order valence-electron chi connectivity index (χ4n) is 9.21. The largest absolute Gasteiger partial charge is 0.459 e. The van der Waals surface area contributed by atoms with E-state index in [1.807, 2.05) is 20.8 Å². The number of carbonyl (C=O) groups excluding carboxylic acids is 2. The minimum Gasteiger partial charge on any atom is -0.459 e. The van der Waals surface area contributed by atoms with E-state index in [1.165, 1.54) is 12.8 Å². The molecule has 6 heteroatoms. The van der Waals surface area contributed by atoms with E-state index in [0.717, 1.165) is 77.2 Å². The van der Waals surface area contributed by atoms with E-state index in [1.54, 1.807) is 0 Å². The van der Waals surface area contributed by atoms with Crippen molar-refractivity contribution >= 4 is 11.9 Å². The van der Waals surface area contributed by atoms with Crippen LogP contribution in [0.3, 0.4) is 0 Å². The first kappa shape index (κ1) is 33.7. The number of hydrogen-bond acceptors (Lipinski definition) is 6. The Balaban J connectivity index is 1.23. The lowest BCUT2D eigenvalue weighted by Crippen LogP contribution is -2.59. The van der Waals surface area contributed by atoms with E-state index in [9.17, 15) is 9.59 Å². The minimum atomic E-state index is -0.573. The van der Waals surface area contributed by atoms with Crippen LogP contribution in [0.25, 0.3) is 0 Å². The summed E-state index contributed by atoms with van der Waals surface area (Å²) in [7, 11) is 0. The Morgan fingerprint density at radius 2 is 1.29 bits per heavy atom. The molecular formula is C36H62O6. The van der Waals surface area contributed by atoms with Crippen molar-refractivity contribution in [2.75, 3.05) is 13.2 Å². The van der Waals surface area contributed by atoms with Gasteiger partial charge in [0.25, 0.3) is 0 Å². The molecule has 5 aliphatic carbocycles. The highest BCUT2D eigenvalue weighted by molar-refractivity contribution is 5.83. The molecular weight excluding hydrogens is 528 g/mol. The molecule has 5 fully saturated rings. The first-order valence-electron chi connectivity index (χ1n) is 17.5. The van der Waals surface area contributed by atoms with Gasteiger partial charge in [0.15, 0.2) is 6.29 Å². The summed E-state index contributed by atoms with van der Waals surface area (Å²) in [5.74, 6) is 1.68. The predicted molar refractivity (Wildman–Crippen MR) is 166 cm³/mol. The summed E-state index contributed by atoms with van der Waals surface area (Å²) >= 11 is 0. The van der Waals surface area contributed by atoms with E-state index < -0.39 is 22.7 Å². The molecule has 4 bridgehead atoms. The number of rotatable bonds is 15. The molecule has 0 spiro atoms. The molecule has 5 aliphatic rings. The Bertz CT molecular complexity index is 900. The lowest BCUT2D eigenvalue weighted by atomic mass is 9.44. The Labute approximate surface area is 256 Å². The average Bonchev–Trinajstić information content (AvgIpc) is 2.93. The maximum absolute atomic E-state index is 13.7. The van der Waals surface area contributed by atoms with Gasteiger partial charge in [-0.3, -0.25) is 9.59 Å². The zero-order valence-electron chi connectivity index (χ0n) is 28.2. The van der Waals surface area contributed by atoms with E-state index >= 15 is 0 Å². The Morgan fingerprint density at radius 3 is 1.79 bits per heavy atom. The molecule has 5 rings (SSSR count). The van der Waals surface area contributed by atoms with Gasteiger partial charge in [0.05, 0.1) is 23.5 Å². The van der Waals surface area contributed by atoms with Crippen LogP contribution in [-0.2, 0) is 28.5 Å². The summed E-state index contributed by atoms with van der Waals surface area (Å²) < 4.78 is 24.6. The van der Waals surface area contributed by atoms with Gasteiger partial charge in [-0.2, -0.15) is 0 Å². The third-order valence-corrected chi connectivity index (χ3v) is 12.1. The lowest BCUT2D eigenvalue weighted by Gasteiger charge is -2.59. The van der Waals surface area contributed by atoms with Crippen LogP contribution in [0.4, 0.5) is 0 Å².